The lowest BCUT2D eigenvalue weighted by Crippen LogP contribution is -2.47. The summed E-state index contributed by atoms with van der Waals surface area (Å²) in [6.07, 6.45) is 0. The Balaban J connectivity index is 1.67. The maximum absolute atomic E-state index is 13.6. The molecule has 3 aromatic carbocycles. The molecule has 190 valence electrons. The molecule has 0 bridgehead atoms. The van der Waals surface area contributed by atoms with E-state index in [2.05, 4.69) is 10.6 Å². The molecule has 1 amide bonds. The van der Waals surface area contributed by atoms with Crippen LogP contribution in [0.1, 0.15) is 49.4 Å². The van der Waals surface area contributed by atoms with E-state index in [1.807, 2.05) is 104 Å². The predicted octanol–water partition coefficient (Wildman–Crippen LogP) is 5.55. The number of benzene rings is 3. The van der Waals surface area contributed by atoms with E-state index >= 15 is 0 Å². The maximum Gasteiger partial charge on any atom is 0.338 e. The first-order chi connectivity index (χ1) is 17.9. The Labute approximate surface area is 223 Å². The van der Waals surface area contributed by atoms with Gasteiger partial charge >= 0.3 is 5.97 Å². The molecule has 0 fully saturated rings. The summed E-state index contributed by atoms with van der Waals surface area (Å²) in [6.45, 7) is 6.55. The highest BCUT2D eigenvalue weighted by Crippen LogP contribution is 2.33. The Kier molecular flexibility index (Phi) is 8.36. The van der Waals surface area contributed by atoms with Gasteiger partial charge in [-0.15, -0.1) is 0 Å². The largest absolute Gasteiger partial charge is 0.463 e. The van der Waals surface area contributed by atoms with Gasteiger partial charge in [-0.05, 0) is 61.8 Å². The van der Waals surface area contributed by atoms with Crippen LogP contribution in [0.4, 0.5) is 5.69 Å². The molecule has 0 saturated heterocycles. The molecule has 0 radical (unpaired) electrons. The second kappa shape index (κ2) is 11.8. The highest BCUT2D eigenvalue weighted by Gasteiger charge is 2.34. The number of anilines is 1. The third-order valence-electron chi connectivity index (χ3n) is 6.42. The fourth-order valence-corrected chi connectivity index (χ4v) is 5.07. The van der Waals surface area contributed by atoms with E-state index in [9.17, 15) is 9.59 Å². The van der Waals surface area contributed by atoms with E-state index in [0.717, 1.165) is 22.4 Å². The normalized spacial score (nSPS) is 15.4. The van der Waals surface area contributed by atoms with Crippen LogP contribution in [-0.2, 0) is 14.3 Å². The second-order valence-electron chi connectivity index (χ2n) is 8.72. The van der Waals surface area contributed by atoms with Crippen molar-refractivity contribution in [2.24, 2.45) is 0 Å². The third-order valence-corrected chi connectivity index (χ3v) is 6.76. The van der Waals surface area contributed by atoms with Crippen LogP contribution in [0.25, 0.3) is 0 Å². The number of carbonyl (C=O) groups excluding carboxylic acids is 2. The fourth-order valence-electron chi connectivity index (χ4n) is 4.68. The quantitative estimate of drug-likeness (QED) is 0.304. The highest BCUT2D eigenvalue weighted by atomic mass is 32.1. The molecule has 1 unspecified atom stereocenters. The smallest absolute Gasteiger partial charge is 0.338 e. The summed E-state index contributed by atoms with van der Waals surface area (Å²) in [5.41, 5.74) is 4.51. The van der Waals surface area contributed by atoms with Crippen LogP contribution in [0.3, 0.4) is 0 Å². The van der Waals surface area contributed by atoms with Crippen LogP contribution < -0.4 is 10.6 Å². The van der Waals surface area contributed by atoms with Crippen LogP contribution in [0, 0.1) is 0 Å². The molecule has 1 heterocycles. The standard InChI is InChI=1S/C30H31N3O3S/c1-4-33-20(3)25(29(35)36-5-2)27(32-30(33)37)23-17-12-18-24(19-23)31-28(34)26(21-13-8-6-9-14-21)22-15-10-7-11-16-22/h6-19,26-27H,4-5H2,1-3H3,(H,31,34)(H,32,37). The average Bonchev–Trinajstić information content (AvgIpc) is 2.90. The van der Waals surface area contributed by atoms with Crippen LogP contribution in [0.15, 0.2) is 96.2 Å². The number of rotatable bonds is 8. The number of ether oxygens (including phenoxy) is 1. The molecule has 1 aliphatic heterocycles. The molecule has 0 spiro atoms. The van der Waals surface area contributed by atoms with E-state index in [1.165, 1.54) is 0 Å². The van der Waals surface area contributed by atoms with Gasteiger partial charge in [0.1, 0.15) is 0 Å². The number of allylic oxidation sites excluding steroid dienone is 1. The first kappa shape index (κ1) is 26.1. The highest BCUT2D eigenvalue weighted by molar-refractivity contribution is 7.80. The summed E-state index contributed by atoms with van der Waals surface area (Å²) in [5.74, 6) is -1.00. The molecule has 0 aliphatic carbocycles. The van der Waals surface area contributed by atoms with Gasteiger partial charge in [0.25, 0.3) is 0 Å². The van der Waals surface area contributed by atoms with Crippen molar-refractivity contribution in [2.45, 2.75) is 32.7 Å². The van der Waals surface area contributed by atoms with E-state index in [-0.39, 0.29) is 18.5 Å². The first-order valence-electron chi connectivity index (χ1n) is 12.4. The lowest BCUT2D eigenvalue weighted by atomic mass is 9.90. The number of hydrogen-bond donors (Lipinski definition) is 2. The van der Waals surface area contributed by atoms with Crippen LogP contribution >= 0.6 is 12.2 Å². The molecule has 1 aliphatic rings. The van der Waals surface area contributed by atoms with E-state index in [0.29, 0.717) is 22.9 Å². The number of hydrogen-bond acceptors (Lipinski definition) is 4. The average molecular weight is 514 g/mol. The molecular weight excluding hydrogens is 482 g/mol. The summed E-state index contributed by atoms with van der Waals surface area (Å²) < 4.78 is 5.38. The predicted molar refractivity (Wildman–Crippen MR) is 150 cm³/mol. The lowest BCUT2D eigenvalue weighted by molar-refractivity contribution is -0.139. The Morgan fingerprint density at radius 1 is 0.973 bits per heavy atom. The summed E-state index contributed by atoms with van der Waals surface area (Å²) in [6, 6.07) is 26.4. The van der Waals surface area contributed by atoms with Crippen molar-refractivity contribution in [1.82, 2.24) is 10.2 Å². The monoisotopic (exact) mass is 513 g/mol. The van der Waals surface area contributed by atoms with Gasteiger partial charge in [0.15, 0.2) is 5.11 Å². The number of amides is 1. The van der Waals surface area contributed by atoms with Crippen molar-refractivity contribution < 1.29 is 14.3 Å². The second-order valence-corrected chi connectivity index (χ2v) is 9.10. The summed E-state index contributed by atoms with van der Waals surface area (Å²) >= 11 is 5.59. The molecular formula is C30H31N3O3S. The summed E-state index contributed by atoms with van der Waals surface area (Å²) in [4.78, 5) is 28.5. The topological polar surface area (TPSA) is 70.7 Å². The molecule has 0 saturated carbocycles. The Bertz CT molecular complexity index is 1270. The van der Waals surface area contributed by atoms with Gasteiger partial charge in [0.05, 0.1) is 24.1 Å². The maximum atomic E-state index is 13.6. The van der Waals surface area contributed by atoms with Gasteiger partial charge in [-0.1, -0.05) is 72.8 Å². The van der Waals surface area contributed by atoms with Gasteiger partial charge in [-0.2, -0.15) is 0 Å². The summed E-state index contributed by atoms with van der Waals surface area (Å²) in [7, 11) is 0. The molecule has 4 rings (SSSR count). The zero-order valence-electron chi connectivity index (χ0n) is 21.2. The minimum atomic E-state index is -0.495. The van der Waals surface area contributed by atoms with E-state index in [4.69, 9.17) is 17.0 Å². The molecule has 7 heteroatoms. The fraction of sp³-hybridized carbons (Fsp3) is 0.233. The molecule has 0 aromatic heterocycles. The van der Waals surface area contributed by atoms with Gasteiger partial charge < -0.3 is 20.3 Å². The molecule has 6 nitrogen and oxygen atoms in total. The summed E-state index contributed by atoms with van der Waals surface area (Å²) in [5, 5.41) is 6.92. The van der Waals surface area contributed by atoms with Crippen molar-refractivity contribution in [2.75, 3.05) is 18.5 Å². The first-order valence-corrected chi connectivity index (χ1v) is 12.8. The molecule has 37 heavy (non-hydrogen) atoms. The van der Waals surface area contributed by atoms with Crippen molar-refractivity contribution in [3.05, 3.63) is 113 Å². The molecule has 2 N–H and O–H groups in total. The van der Waals surface area contributed by atoms with Crippen LogP contribution in [-0.4, -0.2) is 35.0 Å². The Morgan fingerprint density at radius 2 is 1.59 bits per heavy atom. The SMILES string of the molecule is CCOC(=O)C1=C(C)N(CC)C(=S)NC1c1cccc(NC(=O)C(c2ccccc2)c2ccccc2)c1. The van der Waals surface area contributed by atoms with E-state index < -0.39 is 12.0 Å². The Morgan fingerprint density at radius 3 is 2.16 bits per heavy atom. The third kappa shape index (κ3) is 5.73. The number of nitrogens with one attached hydrogen (secondary N) is 2. The van der Waals surface area contributed by atoms with Crippen molar-refractivity contribution in [3.8, 4) is 0 Å². The van der Waals surface area contributed by atoms with Crippen molar-refractivity contribution in [1.29, 1.82) is 0 Å². The number of carbonyl (C=O) groups is 2. The molecule has 3 aromatic rings. The number of nitrogens with zero attached hydrogens (tertiary/aromatic N) is 1. The zero-order chi connectivity index (χ0) is 26.4. The van der Waals surface area contributed by atoms with E-state index in [1.54, 1.807) is 6.92 Å². The number of esters is 1. The lowest BCUT2D eigenvalue weighted by Gasteiger charge is -2.37. The minimum Gasteiger partial charge on any atom is -0.463 e. The molecule has 1 atom stereocenters. The van der Waals surface area contributed by atoms with Gasteiger partial charge in [0, 0.05) is 17.9 Å². The van der Waals surface area contributed by atoms with Gasteiger partial charge in [0.2, 0.25) is 5.91 Å². The van der Waals surface area contributed by atoms with Gasteiger partial charge in [-0.25, -0.2) is 4.79 Å². The van der Waals surface area contributed by atoms with Crippen LogP contribution in [0.2, 0.25) is 0 Å². The number of thiocarbonyl (C=S) groups is 1. The zero-order valence-corrected chi connectivity index (χ0v) is 22.0. The van der Waals surface area contributed by atoms with Gasteiger partial charge in [-0.3, -0.25) is 4.79 Å². The van der Waals surface area contributed by atoms with Crippen molar-refractivity contribution in [3.63, 3.8) is 0 Å². The van der Waals surface area contributed by atoms with Crippen LogP contribution in [0.5, 0.6) is 0 Å². The Hall–Kier alpha value is -3.97. The minimum absolute atomic E-state index is 0.142. The van der Waals surface area contributed by atoms with Crippen molar-refractivity contribution >= 4 is 34.9 Å².